The quantitative estimate of drug-likeness (QED) is 0.484. The van der Waals surface area contributed by atoms with Gasteiger partial charge in [0, 0.05) is 31.9 Å². The molecular weight excluding hydrogens is 404 g/mol. The summed E-state index contributed by atoms with van der Waals surface area (Å²) in [6.45, 7) is 6.55. The van der Waals surface area contributed by atoms with Crippen LogP contribution in [0.1, 0.15) is 58.3 Å². The van der Waals surface area contributed by atoms with Crippen LogP contribution >= 0.6 is 0 Å². The number of anilines is 1. The molecular formula is C21H36N4O4S. The Kier molecular flexibility index (Phi) is 10.4. The molecule has 8 nitrogen and oxygen atoms in total. The summed E-state index contributed by atoms with van der Waals surface area (Å²) in [7, 11) is -4.05. The number of unbranched alkanes of at least 4 members (excludes halogenated alkanes) is 7. The third kappa shape index (κ3) is 9.77. The molecule has 1 aliphatic heterocycles. The van der Waals surface area contributed by atoms with E-state index in [0.29, 0.717) is 18.8 Å². The molecule has 1 aromatic rings. The molecule has 0 saturated carbocycles. The Balaban J connectivity index is 1.61. The van der Waals surface area contributed by atoms with Crippen molar-refractivity contribution in [1.82, 2.24) is 9.80 Å². The van der Waals surface area contributed by atoms with Gasteiger partial charge in [-0.15, -0.1) is 0 Å². The predicted molar refractivity (Wildman–Crippen MR) is 120 cm³/mol. The van der Waals surface area contributed by atoms with Crippen LogP contribution in [-0.2, 0) is 10.3 Å². The maximum absolute atomic E-state index is 12.4. The Bertz CT molecular complexity index is 732. The van der Waals surface area contributed by atoms with Crippen LogP contribution in [0.5, 0.6) is 5.75 Å². The second-order valence-corrected chi connectivity index (χ2v) is 8.99. The molecule has 0 aromatic heterocycles. The molecule has 1 heterocycles. The van der Waals surface area contributed by atoms with Crippen molar-refractivity contribution in [1.29, 1.82) is 0 Å². The zero-order chi connectivity index (χ0) is 21.8. The number of nitrogens with one attached hydrogen (secondary N) is 1. The molecule has 1 saturated heterocycles. The van der Waals surface area contributed by atoms with Crippen LogP contribution in [0.3, 0.4) is 0 Å². The summed E-state index contributed by atoms with van der Waals surface area (Å²) in [5.41, 5.74) is 0.572. The molecule has 0 spiro atoms. The van der Waals surface area contributed by atoms with Gasteiger partial charge in [0.1, 0.15) is 5.75 Å². The van der Waals surface area contributed by atoms with Crippen LogP contribution in [0.2, 0.25) is 0 Å². The molecule has 9 heteroatoms. The van der Waals surface area contributed by atoms with Crippen molar-refractivity contribution in [2.75, 3.05) is 38.0 Å². The van der Waals surface area contributed by atoms with E-state index in [-0.39, 0.29) is 11.8 Å². The molecule has 0 aliphatic carbocycles. The number of carbonyl (C=O) groups is 1. The fourth-order valence-corrected chi connectivity index (χ4v) is 3.95. The minimum absolute atomic E-state index is 0.102. The van der Waals surface area contributed by atoms with Crippen molar-refractivity contribution in [2.24, 2.45) is 5.14 Å². The van der Waals surface area contributed by atoms with E-state index >= 15 is 0 Å². The summed E-state index contributed by atoms with van der Waals surface area (Å²) in [6.07, 6.45) is 10.6. The topological polar surface area (TPSA) is 105 Å². The maximum Gasteiger partial charge on any atom is 0.380 e. The molecule has 30 heavy (non-hydrogen) atoms. The molecule has 0 bridgehead atoms. The highest BCUT2D eigenvalue weighted by Gasteiger charge is 2.20. The monoisotopic (exact) mass is 440 g/mol. The molecule has 3 N–H and O–H groups in total. The molecule has 2 amide bonds. The van der Waals surface area contributed by atoms with Crippen LogP contribution in [0.25, 0.3) is 0 Å². The van der Waals surface area contributed by atoms with E-state index in [9.17, 15) is 13.2 Å². The van der Waals surface area contributed by atoms with E-state index in [0.717, 1.165) is 19.6 Å². The largest absolute Gasteiger partial charge is 0.380 e. The van der Waals surface area contributed by atoms with Crippen LogP contribution in [0, 0.1) is 0 Å². The Morgan fingerprint density at radius 2 is 1.53 bits per heavy atom. The van der Waals surface area contributed by atoms with Gasteiger partial charge < -0.3 is 14.4 Å². The van der Waals surface area contributed by atoms with Crippen LogP contribution in [0.4, 0.5) is 10.5 Å². The Hall–Kier alpha value is -1.84. The van der Waals surface area contributed by atoms with Crippen LogP contribution < -0.4 is 14.6 Å². The van der Waals surface area contributed by atoms with Gasteiger partial charge in [0.25, 0.3) is 0 Å². The number of nitrogens with zero attached hydrogens (tertiary/aromatic N) is 2. The second-order valence-electron chi connectivity index (χ2n) is 7.83. The molecule has 0 unspecified atom stereocenters. The SMILES string of the molecule is CCCCCCCCCCN1CCN(C(=O)Nc2ccc(OS(N)(=O)=O)cc2)CC1. The van der Waals surface area contributed by atoms with Crippen LogP contribution in [0.15, 0.2) is 24.3 Å². The second kappa shape index (κ2) is 12.8. The molecule has 0 atom stereocenters. The van der Waals surface area contributed by atoms with E-state index < -0.39 is 10.3 Å². The zero-order valence-electron chi connectivity index (χ0n) is 18.0. The molecule has 1 fully saturated rings. The minimum atomic E-state index is -4.05. The van der Waals surface area contributed by atoms with Gasteiger partial charge in [0.15, 0.2) is 0 Å². The lowest BCUT2D eigenvalue weighted by Crippen LogP contribution is -2.50. The Labute approximate surface area is 181 Å². The number of hydrogen-bond acceptors (Lipinski definition) is 5. The minimum Gasteiger partial charge on any atom is -0.371 e. The van der Waals surface area contributed by atoms with E-state index in [1.807, 2.05) is 0 Å². The van der Waals surface area contributed by atoms with Gasteiger partial charge in [-0.3, -0.25) is 4.90 Å². The third-order valence-electron chi connectivity index (χ3n) is 5.31. The number of piperazine rings is 1. The maximum atomic E-state index is 12.4. The summed E-state index contributed by atoms with van der Waals surface area (Å²) < 4.78 is 26.4. The van der Waals surface area contributed by atoms with Crippen LogP contribution in [-0.4, -0.2) is 57.0 Å². The average molecular weight is 441 g/mol. The highest BCUT2D eigenvalue weighted by atomic mass is 32.2. The smallest absolute Gasteiger partial charge is 0.371 e. The number of carbonyl (C=O) groups excluding carboxylic acids is 1. The van der Waals surface area contributed by atoms with Crippen molar-refractivity contribution in [3.8, 4) is 5.75 Å². The normalized spacial score (nSPS) is 15.2. The highest BCUT2D eigenvalue weighted by molar-refractivity contribution is 7.84. The predicted octanol–water partition coefficient (Wildman–Crippen LogP) is 3.56. The van der Waals surface area contributed by atoms with Gasteiger partial charge in [0.05, 0.1) is 0 Å². The van der Waals surface area contributed by atoms with E-state index in [2.05, 4.69) is 21.3 Å². The molecule has 0 radical (unpaired) electrons. The van der Waals surface area contributed by atoms with Crippen molar-refractivity contribution >= 4 is 22.0 Å². The number of benzene rings is 1. The van der Waals surface area contributed by atoms with E-state index in [1.165, 1.54) is 63.5 Å². The number of nitrogens with two attached hydrogens (primary N) is 1. The molecule has 1 aliphatic rings. The molecule has 170 valence electrons. The van der Waals surface area contributed by atoms with Crippen molar-refractivity contribution in [3.63, 3.8) is 0 Å². The third-order valence-corrected chi connectivity index (χ3v) is 5.73. The first-order chi connectivity index (χ1) is 14.4. The fraction of sp³-hybridized carbons (Fsp3) is 0.667. The number of amides is 2. The highest BCUT2D eigenvalue weighted by Crippen LogP contribution is 2.17. The van der Waals surface area contributed by atoms with Gasteiger partial charge in [-0.1, -0.05) is 51.9 Å². The van der Waals surface area contributed by atoms with Crippen molar-refractivity contribution in [3.05, 3.63) is 24.3 Å². The van der Waals surface area contributed by atoms with Gasteiger partial charge in [-0.2, -0.15) is 13.6 Å². The summed E-state index contributed by atoms with van der Waals surface area (Å²) in [5.74, 6) is 0.102. The molecule has 1 aromatic carbocycles. The Morgan fingerprint density at radius 1 is 0.967 bits per heavy atom. The van der Waals surface area contributed by atoms with E-state index in [4.69, 9.17) is 5.14 Å². The standard InChI is InChI=1S/C21H36N4O4S/c1-2-3-4-5-6-7-8-9-14-24-15-17-25(18-16-24)21(26)23-19-10-12-20(13-11-19)29-30(22,27)28/h10-13H,2-9,14-18H2,1H3,(H,23,26)(H2,22,27,28). The number of hydrogen-bond donors (Lipinski definition) is 2. The lowest BCUT2D eigenvalue weighted by atomic mass is 10.1. The first kappa shape index (κ1) is 24.4. The summed E-state index contributed by atoms with van der Waals surface area (Å²) in [5, 5.41) is 7.66. The first-order valence-electron chi connectivity index (χ1n) is 11.0. The Morgan fingerprint density at radius 3 is 2.10 bits per heavy atom. The lowest BCUT2D eigenvalue weighted by molar-refractivity contribution is 0.145. The summed E-state index contributed by atoms with van der Waals surface area (Å²) >= 11 is 0. The van der Waals surface area contributed by atoms with Gasteiger partial charge in [0.2, 0.25) is 0 Å². The van der Waals surface area contributed by atoms with Gasteiger partial charge >= 0.3 is 16.3 Å². The fourth-order valence-electron chi connectivity index (χ4n) is 3.57. The van der Waals surface area contributed by atoms with E-state index in [1.54, 1.807) is 17.0 Å². The van der Waals surface area contributed by atoms with Crippen molar-refractivity contribution < 1.29 is 17.4 Å². The van der Waals surface area contributed by atoms with Gasteiger partial charge in [-0.05, 0) is 37.2 Å². The first-order valence-corrected chi connectivity index (χ1v) is 12.4. The average Bonchev–Trinajstić information content (AvgIpc) is 2.71. The summed E-state index contributed by atoms with van der Waals surface area (Å²) in [6, 6.07) is 5.90. The summed E-state index contributed by atoms with van der Waals surface area (Å²) in [4.78, 5) is 16.7. The number of urea groups is 1. The van der Waals surface area contributed by atoms with Crippen molar-refractivity contribution in [2.45, 2.75) is 58.3 Å². The molecule has 2 rings (SSSR count). The lowest BCUT2D eigenvalue weighted by Gasteiger charge is -2.34. The number of rotatable bonds is 12. The zero-order valence-corrected chi connectivity index (χ0v) is 18.8. The van der Waals surface area contributed by atoms with Gasteiger partial charge in [-0.25, -0.2) is 4.79 Å².